The summed E-state index contributed by atoms with van der Waals surface area (Å²) in [6.45, 7) is 1.90. The van der Waals surface area contributed by atoms with Crippen LogP contribution in [-0.4, -0.2) is 36.7 Å². The van der Waals surface area contributed by atoms with E-state index in [0.29, 0.717) is 0 Å². The highest BCUT2D eigenvalue weighted by atomic mass is 16.5. The molecule has 0 saturated heterocycles. The van der Waals surface area contributed by atoms with E-state index in [1.807, 2.05) is 18.2 Å². The standard InChI is InChI=1S/C17H23NO3/c1-18(11-13-4-3-5-13)12-15-10-16(21-2)8-6-14(15)7-9-17(19)20/h6-10,13H,3-5,11-12H2,1-2H3,(H,19,20). The quantitative estimate of drug-likeness (QED) is 0.784. The predicted octanol–water partition coefficient (Wildman–Crippen LogP) is 3.02. The molecule has 0 aliphatic heterocycles. The molecule has 0 spiro atoms. The molecule has 0 amide bonds. The van der Waals surface area contributed by atoms with E-state index in [2.05, 4.69) is 11.9 Å². The molecule has 1 aliphatic rings. The Bertz CT molecular complexity index is 521. The molecule has 2 rings (SSSR count). The molecule has 114 valence electrons. The third kappa shape index (κ3) is 4.60. The molecule has 1 N–H and O–H groups in total. The van der Waals surface area contributed by atoms with Gasteiger partial charge in [0.15, 0.2) is 0 Å². The summed E-state index contributed by atoms with van der Waals surface area (Å²) in [4.78, 5) is 13.0. The SMILES string of the molecule is COc1ccc(C=CC(=O)O)c(CN(C)CC2CCC2)c1. The van der Waals surface area contributed by atoms with Crippen molar-refractivity contribution in [2.75, 3.05) is 20.7 Å². The molecule has 1 aliphatic carbocycles. The molecule has 1 aromatic carbocycles. The van der Waals surface area contributed by atoms with E-state index in [-0.39, 0.29) is 0 Å². The lowest BCUT2D eigenvalue weighted by Gasteiger charge is -2.30. The van der Waals surface area contributed by atoms with Gasteiger partial charge in [-0.2, -0.15) is 0 Å². The number of benzene rings is 1. The van der Waals surface area contributed by atoms with Gasteiger partial charge >= 0.3 is 5.97 Å². The largest absolute Gasteiger partial charge is 0.497 e. The number of ether oxygens (including phenoxy) is 1. The summed E-state index contributed by atoms with van der Waals surface area (Å²) >= 11 is 0. The van der Waals surface area contributed by atoms with E-state index in [9.17, 15) is 4.79 Å². The van der Waals surface area contributed by atoms with Gasteiger partial charge in [0.05, 0.1) is 7.11 Å². The first kappa shape index (κ1) is 15.6. The van der Waals surface area contributed by atoms with Gasteiger partial charge in [-0.05, 0) is 55.1 Å². The highest BCUT2D eigenvalue weighted by Gasteiger charge is 2.19. The molecule has 1 aromatic rings. The van der Waals surface area contributed by atoms with Gasteiger partial charge in [0.2, 0.25) is 0 Å². The summed E-state index contributed by atoms with van der Waals surface area (Å²) in [5, 5.41) is 8.78. The summed E-state index contributed by atoms with van der Waals surface area (Å²) in [5.41, 5.74) is 2.02. The van der Waals surface area contributed by atoms with Crippen molar-refractivity contribution in [3.63, 3.8) is 0 Å². The van der Waals surface area contributed by atoms with Gasteiger partial charge in [0.25, 0.3) is 0 Å². The Morgan fingerprint density at radius 2 is 2.24 bits per heavy atom. The molecule has 0 atom stereocenters. The van der Waals surface area contributed by atoms with E-state index < -0.39 is 5.97 Å². The summed E-state index contributed by atoms with van der Waals surface area (Å²) in [7, 11) is 3.76. The molecular formula is C17H23NO3. The second kappa shape index (κ2) is 7.27. The second-order valence-electron chi connectivity index (χ2n) is 5.73. The Balaban J connectivity index is 2.11. The lowest BCUT2D eigenvalue weighted by Crippen LogP contribution is -2.29. The van der Waals surface area contributed by atoms with Crippen molar-refractivity contribution >= 4 is 12.0 Å². The highest BCUT2D eigenvalue weighted by Crippen LogP contribution is 2.28. The predicted molar refractivity (Wildman–Crippen MR) is 83.3 cm³/mol. The zero-order valence-electron chi connectivity index (χ0n) is 12.7. The minimum atomic E-state index is -0.931. The van der Waals surface area contributed by atoms with Crippen LogP contribution in [0.15, 0.2) is 24.3 Å². The van der Waals surface area contributed by atoms with Crippen molar-refractivity contribution in [3.05, 3.63) is 35.4 Å². The number of rotatable bonds is 7. The number of nitrogens with zero attached hydrogens (tertiary/aromatic N) is 1. The van der Waals surface area contributed by atoms with Crippen LogP contribution in [0.3, 0.4) is 0 Å². The normalized spacial score (nSPS) is 15.4. The molecule has 0 radical (unpaired) electrons. The maximum absolute atomic E-state index is 10.7. The minimum absolute atomic E-state index is 0.799. The maximum Gasteiger partial charge on any atom is 0.328 e. The average molecular weight is 289 g/mol. The number of carboxylic acids is 1. The Labute approximate surface area is 126 Å². The van der Waals surface area contributed by atoms with Crippen LogP contribution >= 0.6 is 0 Å². The Hall–Kier alpha value is -1.81. The number of aliphatic carboxylic acids is 1. The van der Waals surface area contributed by atoms with Gasteiger partial charge in [-0.3, -0.25) is 0 Å². The zero-order chi connectivity index (χ0) is 15.2. The van der Waals surface area contributed by atoms with E-state index in [0.717, 1.165) is 35.9 Å². The Morgan fingerprint density at radius 1 is 1.48 bits per heavy atom. The van der Waals surface area contributed by atoms with Gasteiger partial charge < -0.3 is 14.7 Å². The number of carboxylic acid groups (broad SMARTS) is 1. The summed E-state index contributed by atoms with van der Waals surface area (Å²) in [5.74, 6) is 0.688. The summed E-state index contributed by atoms with van der Waals surface area (Å²) in [6.07, 6.45) is 6.83. The molecule has 0 aromatic heterocycles. The van der Waals surface area contributed by atoms with E-state index >= 15 is 0 Å². The van der Waals surface area contributed by atoms with Crippen molar-refractivity contribution in [3.8, 4) is 5.75 Å². The molecule has 1 saturated carbocycles. The van der Waals surface area contributed by atoms with Crippen molar-refractivity contribution in [2.24, 2.45) is 5.92 Å². The molecule has 4 nitrogen and oxygen atoms in total. The first-order valence-electron chi connectivity index (χ1n) is 7.35. The number of hydrogen-bond donors (Lipinski definition) is 1. The lowest BCUT2D eigenvalue weighted by atomic mass is 9.85. The smallest absolute Gasteiger partial charge is 0.328 e. The van der Waals surface area contributed by atoms with Crippen molar-refractivity contribution in [2.45, 2.75) is 25.8 Å². The van der Waals surface area contributed by atoms with Gasteiger partial charge in [-0.25, -0.2) is 4.79 Å². The van der Waals surface area contributed by atoms with E-state index in [1.54, 1.807) is 13.2 Å². The monoisotopic (exact) mass is 289 g/mol. The van der Waals surface area contributed by atoms with Crippen molar-refractivity contribution < 1.29 is 14.6 Å². The second-order valence-corrected chi connectivity index (χ2v) is 5.73. The van der Waals surface area contributed by atoms with Crippen LogP contribution in [0, 0.1) is 5.92 Å². The fourth-order valence-corrected chi connectivity index (χ4v) is 2.64. The lowest BCUT2D eigenvalue weighted by molar-refractivity contribution is -0.131. The topological polar surface area (TPSA) is 49.8 Å². The van der Waals surface area contributed by atoms with Crippen molar-refractivity contribution in [1.29, 1.82) is 0 Å². The molecule has 1 fully saturated rings. The molecule has 21 heavy (non-hydrogen) atoms. The van der Waals surface area contributed by atoms with Crippen molar-refractivity contribution in [1.82, 2.24) is 4.90 Å². The summed E-state index contributed by atoms with van der Waals surface area (Å²) < 4.78 is 5.27. The van der Waals surface area contributed by atoms with Crippen LogP contribution in [0.5, 0.6) is 5.75 Å². The fourth-order valence-electron chi connectivity index (χ4n) is 2.64. The number of carbonyl (C=O) groups is 1. The molecule has 0 unspecified atom stereocenters. The first-order valence-corrected chi connectivity index (χ1v) is 7.35. The van der Waals surface area contributed by atoms with Gasteiger partial charge in [0, 0.05) is 19.2 Å². The summed E-state index contributed by atoms with van der Waals surface area (Å²) in [6, 6.07) is 5.75. The van der Waals surface area contributed by atoms with Crippen LogP contribution in [0.25, 0.3) is 6.08 Å². The zero-order valence-corrected chi connectivity index (χ0v) is 12.7. The van der Waals surface area contributed by atoms with E-state index in [1.165, 1.54) is 25.3 Å². The number of methoxy groups -OCH3 is 1. The van der Waals surface area contributed by atoms with Gasteiger partial charge in [-0.15, -0.1) is 0 Å². The minimum Gasteiger partial charge on any atom is -0.497 e. The Kier molecular flexibility index (Phi) is 5.39. The average Bonchev–Trinajstić information content (AvgIpc) is 2.41. The highest BCUT2D eigenvalue weighted by molar-refractivity contribution is 5.85. The molecule has 0 bridgehead atoms. The first-order chi connectivity index (χ1) is 10.1. The van der Waals surface area contributed by atoms with E-state index in [4.69, 9.17) is 9.84 Å². The van der Waals surface area contributed by atoms with Crippen LogP contribution in [0.4, 0.5) is 0 Å². The van der Waals surface area contributed by atoms with Gasteiger partial charge in [0.1, 0.15) is 5.75 Å². The third-order valence-corrected chi connectivity index (χ3v) is 3.99. The van der Waals surface area contributed by atoms with Crippen LogP contribution in [0.2, 0.25) is 0 Å². The van der Waals surface area contributed by atoms with Gasteiger partial charge in [-0.1, -0.05) is 12.5 Å². The number of hydrogen-bond acceptors (Lipinski definition) is 3. The maximum atomic E-state index is 10.7. The third-order valence-electron chi connectivity index (χ3n) is 3.99. The van der Waals surface area contributed by atoms with Crippen LogP contribution in [0.1, 0.15) is 30.4 Å². The van der Waals surface area contributed by atoms with Crippen LogP contribution in [-0.2, 0) is 11.3 Å². The Morgan fingerprint density at radius 3 is 2.81 bits per heavy atom. The molecule has 0 heterocycles. The van der Waals surface area contributed by atoms with Crippen LogP contribution < -0.4 is 4.74 Å². The molecular weight excluding hydrogens is 266 g/mol. The fraction of sp³-hybridized carbons (Fsp3) is 0.471. The molecule has 4 heteroatoms.